The fourth-order valence-electron chi connectivity index (χ4n) is 1.14. The lowest BCUT2D eigenvalue weighted by molar-refractivity contribution is -0.401. The van der Waals surface area contributed by atoms with E-state index in [-0.39, 0.29) is 23.4 Å². The molecule has 2 aromatic rings. The second kappa shape index (κ2) is 4.04. The van der Waals surface area contributed by atoms with Crippen LogP contribution in [-0.2, 0) is 4.79 Å². The highest BCUT2D eigenvalue weighted by Gasteiger charge is 2.16. The molecule has 2 N–H and O–H groups in total. The van der Waals surface area contributed by atoms with Crippen LogP contribution in [0.4, 0.5) is 11.8 Å². The van der Waals surface area contributed by atoms with Crippen molar-refractivity contribution in [1.82, 2.24) is 15.2 Å². The molecule has 0 aromatic carbocycles. The van der Waals surface area contributed by atoms with E-state index in [0.29, 0.717) is 0 Å². The van der Waals surface area contributed by atoms with Crippen molar-refractivity contribution in [3.8, 4) is 11.6 Å². The van der Waals surface area contributed by atoms with E-state index in [0.717, 1.165) is 0 Å². The number of aromatic amines is 1. The molecule has 2 aromatic heterocycles. The average molecular weight is 237 g/mol. The highest BCUT2D eigenvalue weighted by Crippen LogP contribution is 2.23. The van der Waals surface area contributed by atoms with Crippen molar-refractivity contribution >= 4 is 17.7 Å². The van der Waals surface area contributed by atoms with Gasteiger partial charge in [0.15, 0.2) is 11.6 Å². The van der Waals surface area contributed by atoms with Crippen molar-refractivity contribution in [2.45, 2.75) is 6.92 Å². The number of amides is 1. The zero-order valence-corrected chi connectivity index (χ0v) is 8.63. The lowest BCUT2D eigenvalue weighted by Gasteiger charge is -1.90. The Balaban J connectivity index is 2.24. The van der Waals surface area contributed by atoms with E-state index in [1.54, 1.807) is 0 Å². The summed E-state index contributed by atoms with van der Waals surface area (Å²) in [6.07, 6.45) is 0. The summed E-state index contributed by atoms with van der Waals surface area (Å²) in [6.45, 7) is 1.31. The second-order valence-corrected chi connectivity index (χ2v) is 3.08. The Kier molecular flexibility index (Phi) is 2.57. The molecule has 9 nitrogen and oxygen atoms in total. The summed E-state index contributed by atoms with van der Waals surface area (Å²) >= 11 is 0. The van der Waals surface area contributed by atoms with Crippen LogP contribution in [0.15, 0.2) is 16.5 Å². The number of anilines is 1. The van der Waals surface area contributed by atoms with Crippen LogP contribution in [0, 0.1) is 10.1 Å². The van der Waals surface area contributed by atoms with Crippen molar-refractivity contribution in [2.75, 3.05) is 5.32 Å². The molecule has 0 saturated carbocycles. The van der Waals surface area contributed by atoms with Crippen LogP contribution in [0.5, 0.6) is 0 Å². The summed E-state index contributed by atoms with van der Waals surface area (Å²) in [5.41, 5.74) is 0. The highest BCUT2D eigenvalue weighted by molar-refractivity contribution is 5.86. The van der Waals surface area contributed by atoms with E-state index < -0.39 is 10.8 Å². The van der Waals surface area contributed by atoms with E-state index in [4.69, 9.17) is 4.42 Å². The smallest absolute Gasteiger partial charge is 0.397 e. The van der Waals surface area contributed by atoms with E-state index in [9.17, 15) is 14.9 Å². The third-order valence-electron chi connectivity index (χ3n) is 1.78. The Labute approximate surface area is 94.0 Å². The first-order valence-corrected chi connectivity index (χ1v) is 4.51. The summed E-state index contributed by atoms with van der Waals surface area (Å²) in [4.78, 5) is 24.4. The van der Waals surface area contributed by atoms with Gasteiger partial charge in [0.25, 0.3) is 0 Å². The summed E-state index contributed by atoms with van der Waals surface area (Å²) in [5, 5.41) is 18.9. The average Bonchev–Trinajstić information content (AvgIpc) is 2.83. The van der Waals surface area contributed by atoms with Crippen LogP contribution in [0.1, 0.15) is 6.92 Å². The van der Waals surface area contributed by atoms with Crippen LogP contribution in [0.25, 0.3) is 11.6 Å². The SMILES string of the molecule is CC(=O)Nc1n[nH]c(-c2ccc([N+](=O)[O-])o2)n1. The van der Waals surface area contributed by atoms with Gasteiger partial charge in [0, 0.05) is 6.92 Å². The molecule has 9 heteroatoms. The minimum Gasteiger partial charge on any atom is -0.397 e. The maximum absolute atomic E-state index is 10.7. The number of furan rings is 1. The van der Waals surface area contributed by atoms with Crippen molar-refractivity contribution in [3.63, 3.8) is 0 Å². The molecule has 0 aliphatic heterocycles. The number of nitrogens with one attached hydrogen (secondary N) is 2. The Morgan fingerprint density at radius 1 is 1.59 bits per heavy atom. The summed E-state index contributed by atoms with van der Waals surface area (Å²) in [6, 6.07) is 2.59. The van der Waals surface area contributed by atoms with Gasteiger partial charge in [0.2, 0.25) is 11.9 Å². The lowest BCUT2D eigenvalue weighted by atomic mass is 10.4. The van der Waals surface area contributed by atoms with Crippen molar-refractivity contribution in [3.05, 3.63) is 22.2 Å². The molecule has 0 saturated heterocycles. The Bertz CT molecular complexity index is 572. The molecule has 88 valence electrons. The number of nitro groups is 1. The Hall–Kier alpha value is -2.71. The van der Waals surface area contributed by atoms with Gasteiger partial charge in [-0.2, -0.15) is 4.98 Å². The van der Waals surface area contributed by atoms with Gasteiger partial charge in [-0.15, -0.1) is 5.10 Å². The molecule has 0 unspecified atom stereocenters. The van der Waals surface area contributed by atoms with E-state index in [1.807, 2.05) is 0 Å². The first-order chi connectivity index (χ1) is 8.06. The summed E-state index contributed by atoms with van der Waals surface area (Å²) in [7, 11) is 0. The van der Waals surface area contributed by atoms with Crippen LogP contribution < -0.4 is 5.32 Å². The zero-order valence-electron chi connectivity index (χ0n) is 8.63. The summed E-state index contributed by atoms with van der Waals surface area (Å²) in [5.74, 6) is -0.271. The van der Waals surface area contributed by atoms with Gasteiger partial charge in [-0.05, 0) is 6.07 Å². The molecule has 0 atom stereocenters. The third-order valence-corrected chi connectivity index (χ3v) is 1.78. The van der Waals surface area contributed by atoms with Gasteiger partial charge in [-0.25, -0.2) is 0 Å². The number of carbonyl (C=O) groups is 1. The van der Waals surface area contributed by atoms with E-state index in [2.05, 4.69) is 20.5 Å². The fourth-order valence-corrected chi connectivity index (χ4v) is 1.14. The number of carbonyl (C=O) groups excluding carboxylic acids is 1. The quantitative estimate of drug-likeness (QED) is 0.603. The number of hydrogen-bond donors (Lipinski definition) is 2. The fraction of sp³-hybridized carbons (Fsp3) is 0.125. The number of H-pyrrole nitrogens is 1. The van der Waals surface area contributed by atoms with Gasteiger partial charge < -0.3 is 4.42 Å². The van der Waals surface area contributed by atoms with Crippen molar-refractivity contribution in [2.24, 2.45) is 0 Å². The maximum Gasteiger partial charge on any atom is 0.433 e. The Morgan fingerprint density at radius 3 is 2.94 bits per heavy atom. The highest BCUT2D eigenvalue weighted by atomic mass is 16.6. The Morgan fingerprint density at radius 2 is 2.35 bits per heavy atom. The topological polar surface area (TPSA) is 127 Å². The van der Waals surface area contributed by atoms with Crippen molar-refractivity contribution < 1.29 is 14.1 Å². The van der Waals surface area contributed by atoms with Crippen molar-refractivity contribution in [1.29, 1.82) is 0 Å². The van der Waals surface area contributed by atoms with Gasteiger partial charge in [-0.1, -0.05) is 0 Å². The van der Waals surface area contributed by atoms with Gasteiger partial charge in [0.05, 0.1) is 6.07 Å². The largest absolute Gasteiger partial charge is 0.433 e. The third kappa shape index (κ3) is 2.27. The van der Waals surface area contributed by atoms with Crippen LogP contribution in [0.2, 0.25) is 0 Å². The van der Waals surface area contributed by atoms with E-state index >= 15 is 0 Å². The molecule has 0 aliphatic rings. The van der Waals surface area contributed by atoms with Crippen LogP contribution >= 0.6 is 0 Å². The van der Waals surface area contributed by atoms with Gasteiger partial charge >= 0.3 is 5.88 Å². The maximum atomic E-state index is 10.7. The molecule has 0 spiro atoms. The molecular formula is C8H7N5O4. The molecule has 0 radical (unpaired) electrons. The predicted molar refractivity (Wildman–Crippen MR) is 55.0 cm³/mol. The molecular weight excluding hydrogens is 230 g/mol. The predicted octanol–water partition coefficient (Wildman–Crippen LogP) is 0.931. The first-order valence-electron chi connectivity index (χ1n) is 4.51. The normalized spacial score (nSPS) is 10.2. The minimum absolute atomic E-state index is 0.0755. The molecule has 0 fully saturated rings. The monoisotopic (exact) mass is 237 g/mol. The molecule has 2 heterocycles. The molecule has 0 aliphatic carbocycles. The molecule has 2 rings (SSSR count). The number of aromatic nitrogens is 3. The van der Waals surface area contributed by atoms with E-state index in [1.165, 1.54) is 19.1 Å². The molecule has 17 heavy (non-hydrogen) atoms. The number of hydrogen-bond acceptors (Lipinski definition) is 6. The van der Waals surface area contributed by atoms with Gasteiger partial charge in [0.1, 0.15) is 4.92 Å². The standard InChI is InChI=1S/C8H7N5O4/c1-4(14)9-8-10-7(11-12-8)5-2-3-6(17-5)13(15)16/h2-3H,1H3,(H2,9,10,11,12,14). The lowest BCUT2D eigenvalue weighted by Crippen LogP contribution is -2.06. The number of nitrogens with zero attached hydrogens (tertiary/aromatic N) is 3. The minimum atomic E-state index is -0.658. The molecule has 0 bridgehead atoms. The van der Waals surface area contributed by atoms with Crippen LogP contribution in [-0.4, -0.2) is 26.0 Å². The van der Waals surface area contributed by atoms with Crippen LogP contribution in [0.3, 0.4) is 0 Å². The number of rotatable bonds is 3. The first kappa shape index (κ1) is 10.8. The molecule has 1 amide bonds. The van der Waals surface area contributed by atoms with Gasteiger partial charge in [-0.3, -0.25) is 25.3 Å². The zero-order chi connectivity index (χ0) is 12.4. The second-order valence-electron chi connectivity index (χ2n) is 3.08. The summed E-state index contributed by atoms with van der Waals surface area (Å²) < 4.78 is 4.90.